The van der Waals surface area contributed by atoms with Crippen molar-refractivity contribution < 1.29 is 0 Å². The van der Waals surface area contributed by atoms with Crippen LogP contribution in [-0.2, 0) is 7.05 Å². The molecule has 1 N–H and O–H groups in total. The van der Waals surface area contributed by atoms with Gasteiger partial charge in [0.2, 0.25) is 0 Å². The lowest BCUT2D eigenvalue weighted by atomic mass is 10.1. The van der Waals surface area contributed by atoms with Gasteiger partial charge in [-0.05, 0) is 43.2 Å². The highest BCUT2D eigenvalue weighted by molar-refractivity contribution is 5.89. The summed E-state index contributed by atoms with van der Waals surface area (Å²) in [6.07, 6.45) is 3.58. The molecule has 0 bridgehead atoms. The fraction of sp³-hybridized carbons (Fsp3) is 0.200. The van der Waals surface area contributed by atoms with Crippen molar-refractivity contribution in [3.63, 3.8) is 0 Å². The van der Waals surface area contributed by atoms with Crippen LogP contribution < -0.4 is 5.32 Å². The summed E-state index contributed by atoms with van der Waals surface area (Å²) in [5, 5.41) is 4.39. The van der Waals surface area contributed by atoms with E-state index in [2.05, 4.69) is 47.3 Å². The maximum absolute atomic E-state index is 4.33. The molecule has 0 saturated carbocycles. The van der Waals surface area contributed by atoms with Gasteiger partial charge < -0.3 is 9.88 Å². The highest BCUT2D eigenvalue weighted by Gasteiger charge is 2.06. The minimum Gasteiger partial charge on any atom is -0.340 e. The molecule has 0 spiro atoms. The molecular formula is C15H16N4. The van der Waals surface area contributed by atoms with Gasteiger partial charge >= 0.3 is 0 Å². The van der Waals surface area contributed by atoms with E-state index in [4.69, 9.17) is 0 Å². The Balaban J connectivity index is 2.03. The number of benzene rings is 1. The number of hydrogen-bond acceptors (Lipinski definition) is 3. The van der Waals surface area contributed by atoms with Crippen molar-refractivity contribution in [1.29, 1.82) is 0 Å². The number of nitrogens with one attached hydrogen (secondary N) is 1. The second-order valence-electron chi connectivity index (χ2n) is 4.81. The normalized spacial score (nSPS) is 10.9. The van der Waals surface area contributed by atoms with Crippen molar-refractivity contribution in [1.82, 2.24) is 14.5 Å². The van der Waals surface area contributed by atoms with Crippen molar-refractivity contribution in [2.24, 2.45) is 7.05 Å². The van der Waals surface area contributed by atoms with Gasteiger partial charge in [-0.25, -0.2) is 9.97 Å². The monoisotopic (exact) mass is 252 g/mol. The van der Waals surface area contributed by atoms with E-state index in [0.717, 1.165) is 22.5 Å². The van der Waals surface area contributed by atoms with E-state index in [-0.39, 0.29) is 0 Å². The van der Waals surface area contributed by atoms with Gasteiger partial charge in [-0.1, -0.05) is 6.07 Å². The highest BCUT2D eigenvalue weighted by Crippen LogP contribution is 2.24. The number of hydrogen-bond donors (Lipinski definition) is 1. The van der Waals surface area contributed by atoms with Gasteiger partial charge in [0.15, 0.2) is 0 Å². The number of aromatic nitrogens is 3. The molecule has 0 unspecified atom stereocenters. The molecule has 0 aliphatic heterocycles. The lowest BCUT2D eigenvalue weighted by Gasteiger charge is -2.08. The molecule has 4 heteroatoms. The molecule has 4 nitrogen and oxygen atoms in total. The Bertz CT molecular complexity index is 743. The quantitative estimate of drug-likeness (QED) is 0.760. The molecule has 0 atom stereocenters. The first kappa shape index (κ1) is 11.7. The van der Waals surface area contributed by atoms with Crippen LogP contribution in [0, 0.1) is 13.8 Å². The fourth-order valence-electron chi connectivity index (χ4n) is 2.13. The zero-order chi connectivity index (χ0) is 13.4. The second-order valence-corrected chi connectivity index (χ2v) is 4.81. The van der Waals surface area contributed by atoms with E-state index in [1.54, 1.807) is 6.33 Å². The lowest BCUT2D eigenvalue weighted by Crippen LogP contribution is -1.97. The van der Waals surface area contributed by atoms with E-state index in [1.165, 1.54) is 11.1 Å². The van der Waals surface area contributed by atoms with Crippen LogP contribution in [0.3, 0.4) is 0 Å². The predicted octanol–water partition coefficient (Wildman–Crippen LogP) is 3.33. The molecule has 0 aliphatic carbocycles. The molecule has 2 heterocycles. The standard InChI is InChI=1S/C15H16N4/c1-10-4-5-12(8-11(10)2)18-14-13-6-7-19(3)15(13)17-9-16-14/h4-9H,1-3H3,(H,16,17,18). The topological polar surface area (TPSA) is 42.7 Å². The molecule has 3 rings (SSSR count). The Hall–Kier alpha value is -2.36. The second kappa shape index (κ2) is 4.39. The van der Waals surface area contributed by atoms with Gasteiger partial charge in [0, 0.05) is 18.9 Å². The molecule has 0 radical (unpaired) electrons. The molecule has 96 valence electrons. The van der Waals surface area contributed by atoms with Crippen LogP contribution in [0.4, 0.5) is 11.5 Å². The third-order valence-corrected chi connectivity index (χ3v) is 3.43. The van der Waals surface area contributed by atoms with E-state index in [1.807, 2.05) is 23.9 Å². The van der Waals surface area contributed by atoms with Gasteiger partial charge in [-0.15, -0.1) is 0 Å². The first-order valence-corrected chi connectivity index (χ1v) is 6.25. The average molecular weight is 252 g/mol. The van der Waals surface area contributed by atoms with Crippen LogP contribution in [0.5, 0.6) is 0 Å². The molecule has 19 heavy (non-hydrogen) atoms. The summed E-state index contributed by atoms with van der Waals surface area (Å²) < 4.78 is 1.99. The zero-order valence-corrected chi connectivity index (χ0v) is 11.3. The van der Waals surface area contributed by atoms with Crippen LogP contribution in [0.25, 0.3) is 11.0 Å². The Morgan fingerprint density at radius 2 is 1.89 bits per heavy atom. The van der Waals surface area contributed by atoms with Crippen LogP contribution in [0.2, 0.25) is 0 Å². The molecule has 0 aliphatic rings. The summed E-state index contributed by atoms with van der Waals surface area (Å²) in [4.78, 5) is 8.62. The van der Waals surface area contributed by atoms with Crippen LogP contribution >= 0.6 is 0 Å². The van der Waals surface area contributed by atoms with Crippen molar-refractivity contribution >= 4 is 22.5 Å². The minimum absolute atomic E-state index is 0.842. The third kappa shape index (κ3) is 2.05. The number of nitrogens with zero attached hydrogens (tertiary/aromatic N) is 3. The first-order valence-electron chi connectivity index (χ1n) is 6.25. The molecule has 0 fully saturated rings. The molecule has 0 saturated heterocycles. The molecular weight excluding hydrogens is 236 g/mol. The molecule has 2 aromatic heterocycles. The number of anilines is 2. The predicted molar refractivity (Wildman–Crippen MR) is 77.7 cm³/mol. The maximum atomic E-state index is 4.33. The third-order valence-electron chi connectivity index (χ3n) is 3.43. The summed E-state index contributed by atoms with van der Waals surface area (Å²) in [6, 6.07) is 8.34. The number of rotatable bonds is 2. The largest absolute Gasteiger partial charge is 0.340 e. The van der Waals surface area contributed by atoms with E-state index in [0.29, 0.717) is 0 Å². The van der Waals surface area contributed by atoms with E-state index < -0.39 is 0 Å². The zero-order valence-electron chi connectivity index (χ0n) is 11.3. The first-order chi connectivity index (χ1) is 9.15. The molecule has 1 aromatic carbocycles. The Morgan fingerprint density at radius 3 is 2.68 bits per heavy atom. The summed E-state index contributed by atoms with van der Waals surface area (Å²) in [5.74, 6) is 0.842. The van der Waals surface area contributed by atoms with Gasteiger partial charge in [0.25, 0.3) is 0 Å². The van der Waals surface area contributed by atoms with Crippen LogP contribution in [0.15, 0.2) is 36.8 Å². The summed E-state index contributed by atoms with van der Waals surface area (Å²) >= 11 is 0. The van der Waals surface area contributed by atoms with Crippen LogP contribution in [0.1, 0.15) is 11.1 Å². The Kier molecular flexibility index (Phi) is 2.71. The van der Waals surface area contributed by atoms with E-state index in [9.17, 15) is 0 Å². The summed E-state index contributed by atoms with van der Waals surface area (Å²) in [6.45, 7) is 4.22. The van der Waals surface area contributed by atoms with Crippen molar-refractivity contribution in [3.8, 4) is 0 Å². The number of aryl methyl sites for hydroxylation is 3. The fourth-order valence-corrected chi connectivity index (χ4v) is 2.13. The smallest absolute Gasteiger partial charge is 0.145 e. The van der Waals surface area contributed by atoms with Crippen molar-refractivity contribution in [2.75, 3.05) is 5.32 Å². The lowest BCUT2D eigenvalue weighted by molar-refractivity contribution is 0.944. The van der Waals surface area contributed by atoms with Gasteiger partial charge in [0.1, 0.15) is 17.8 Å². The molecule has 3 aromatic rings. The average Bonchev–Trinajstić information content (AvgIpc) is 2.77. The van der Waals surface area contributed by atoms with Gasteiger partial charge in [-0.2, -0.15) is 0 Å². The summed E-state index contributed by atoms with van der Waals surface area (Å²) in [5.41, 5.74) is 4.54. The Morgan fingerprint density at radius 1 is 1.05 bits per heavy atom. The van der Waals surface area contributed by atoms with Gasteiger partial charge in [-0.3, -0.25) is 0 Å². The SMILES string of the molecule is Cc1ccc(Nc2ncnc3c2ccn3C)cc1C. The summed E-state index contributed by atoms with van der Waals surface area (Å²) in [7, 11) is 1.98. The highest BCUT2D eigenvalue weighted by atomic mass is 15.1. The maximum Gasteiger partial charge on any atom is 0.145 e. The van der Waals surface area contributed by atoms with Gasteiger partial charge in [0.05, 0.1) is 5.39 Å². The number of fused-ring (bicyclic) bond motifs is 1. The van der Waals surface area contributed by atoms with E-state index >= 15 is 0 Å². The Labute approximate surface area is 112 Å². The minimum atomic E-state index is 0.842. The molecule has 0 amide bonds. The van der Waals surface area contributed by atoms with Crippen LogP contribution in [-0.4, -0.2) is 14.5 Å². The van der Waals surface area contributed by atoms with Crippen molar-refractivity contribution in [2.45, 2.75) is 13.8 Å². The van der Waals surface area contributed by atoms with Crippen molar-refractivity contribution in [3.05, 3.63) is 47.9 Å².